The van der Waals surface area contributed by atoms with Gasteiger partial charge in [0, 0.05) is 13.1 Å². The van der Waals surface area contributed by atoms with Crippen molar-refractivity contribution in [3.8, 4) is 0 Å². The molecule has 1 unspecified atom stereocenters. The molecule has 0 bridgehead atoms. The standard InChI is InChI=1S/C16H24N2.ClH/c17-10-14-3-2-8-18(12-14)11-13-6-7-15-4-1-5-16(15)9-13;/h6-7,9,14H,1-5,8,10-12,17H2;1H. The van der Waals surface area contributed by atoms with Crippen LogP contribution in [0.5, 0.6) is 0 Å². The first-order chi connectivity index (χ1) is 8.85. The second-order valence-electron chi connectivity index (χ2n) is 5.94. The van der Waals surface area contributed by atoms with Crippen LogP contribution < -0.4 is 5.73 Å². The number of hydrogen-bond acceptors (Lipinski definition) is 2. The third-order valence-electron chi connectivity index (χ3n) is 4.51. The minimum atomic E-state index is 0. The zero-order valence-electron chi connectivity index (χ0n) is 11.6. The fraction of sp³-hybridized carbons (Fsp3) is 0.625. The number of nitrogens with two attached hydrogens (primary N) is 1. The highest BCUT2D eigenvalue weighted by Gasteiger charge is 2.19. The molecule has 0 radical (unpaired) electrons. The van der Waals surface area contributed by atoms with E-state index in [4.69, 9.17) is 5.73 Å². The molecule has 19 heavy (non-hydrogen) atoms. The lowest BCUT2D eigenvalue weighted by Gasteiger charge is -2.32. The maximum atomic E-state index is 5.81. The molecule has 2 nitrogen and oxygen atoms in total. The summed E-state index contributed by atoms with van der Waals surface area (Å²) in [6.07, 6.45) is 6.55. The predicted molar refractivity (Wildman–Crippen MR) is 82.8 cm³/mol. The Morgan fingerprint density at radius 2 is 2.00 bits per heavy atom. The van der Waals surface area contributed by atoms with Crippen molar-refractivity contribution in [1.29, 1.82) is 0 Å². The van der Waals surface area contributed by atoms with Gasteiger partial charge in [0.05, 0.1) is 0 Å². The van der Waals surface area contributed by atoms with Gasteiger partial charge in [0.25, 0.3) is 0 Å². The molecule has 1 heterocycles. The van der Waals surface area contributed by atoms with Crippen LogP contribution in [0.1, 0.15) is 36.0 Å². The van der Waals surface area contributed by atoms with Gasteiger partial charge < -0.3 is 5.73 Å². The lowest BCUT2D eigenvalue weighted by Crippen LogP contribution is -2.37. The highest BCUT2D eigenvalue weighted by Crippen LogP contribution is 2.24. The molecule has 2 aliphatic rings. The molecule has 1 aromatic carbocycles. The first-order valence-corrected chi connectivity index (χ1v) is 7.38. The molecule has 0 amide bonds. The molecule has 1 fully saturated rings. The van der Waals surface area contributed by atoms with Gasteiger partial charge in [-0.3, -0.25) is 4.90 Å². The summed E-state index contributed by atoms with van der Waals surface area (Å²) >= 11 is 0. The fourth-order valence-corrected chi connectivity index (χ4v) is 3.47. The molecule has 1 aromatic rings. The maximum absolute atomic E-state index is 5.81. The Labute approximate surface area is 122 Å². The summed E-state index contributed by atoms with van der Waals surface area (Å²) in [5, 5.41) is 0. The van der Waals surface area contributed by atoms with Crippen LogP contribution in [0.3, 0.4) is 0 Å². The third-order valence-corrected chi connectivity index (χ3v) is 4.51. The molecule has 3 rings (SSSR count). The van der Waals surface area contributed by atoms with Crippen molar-refractivity contribution in [2.75, 3.05) is 19.6 Å². The first kappa shape index (κ1) is 14.8. The lowest BCUT2D eigenvalue weighted by atomic mass is 9.97. The topological polar surface area (TPSA) is 29.3 Å². The van der Waals surface area contributed by atoms with E-state index in [-0.39, 0.29) is 12.4 Å². The van der Waals surface area contributed by atoms with Gasteiger partial charge in [0.2, 0.25) is 0 Å². The van der Waals surface area contributed by atoms with Gasteiger partial charge in [-0.05, 0) is 67.8 Å². The second-order valence-corrected chi connectivity index (χ2v) is 5.94. The summed E-state index contributed by atoms with van der Waals surface area (Å²) in [5.41, 5.74) is 10.5. The Balaban J connectivity index is 0.00000133. The number of benzene rings is 1. The Morgan fingerprint density at radius 1 is 1.16 bits per heavy atom. The molecule has 1 atom stereocenters. The number of rotatable bonds is 3. The zero-order valence-corrected chi connectivity index (χ0v) is 12.4. The van der Waals surface area contributed by atoms with Gasteiger partial charge in [0.15, 0.2) is 0 Å². The van der Waals surface area contributed by atoms with Gasteiger partial charge in [-0.2, -0.15) is 0 Å². The highest BCUT2D eigenvalue weighted by molar-refractivity contribution is 5.85. The number of fused-ring (bicyclic) bond motifs is 1. The van der Waals surface area contributed by atoms with E-state index in [9.17, 15) is 0 Å². The SMILES string of the molecule is Cl.NCC1CCCN(Cc2ccc3c(c2)CCC3)C1. The van der Waals surface area contributed by atoms with Crippen molar-refractivity contribution < 1.29 is 0 Å². The zero-order chi connectivity index (χ0) is 12.4. The second kappa shape index (κ2) is 6.74. The number of aryl methyl sites for hydroxylation is 2. The molecule has 1 saturated heterocycles. The van der Waals surface area contributed by atoms with Crippen molar-refractivity contribution in [1.82, 2.24) is 4.90 Å². The third kappa shape index (κ3) is 3.50. The molecular formula is C16H25ClN2. The van der Waals surface area contributed by atoms with E-state index in [1.807, 2.05) is 0 Å². The minimum absolute atomic E-state index is 0. The van der Waals surface area contributed by atoms with E-state index < -0.39 is 0 Å². The van der Waals surface area contributed by atoms with E-state index in [1.54, 1.807) is 11.1 Å². The minimum Gasteiger partial charge on any atom is -0.330 e. The normalized spacial score (nSPS) is 22.9. The maximum Gasteiger partial charge on any atom is 0.0233 e. The van der Waals surface area contributed by atoms with Crippen LogP contribution in [-0.2, 0) is 19.4 Å². The lowest BCUT2D eigenvalue weighted by molar-refractivity contribution is 0.171. The molecule has 0 spiro atoms. The van der Waals surface area contributed by atoms with Gasteiger partial charge >= 0.3 is 0 Å². The van der Waals surface area contributed by atoms with Crippen LogP contribution in [0, 0.1) is 5.92 Å². The summed E-state index contributed by atoms with van der Waals surface area (Å²) in [7, 11) is 0. The average molecular weight is 281 g/mol. The summed E-state index contributed by atoms with van der Waals surface area (Å²) < 4.78 is 0. The van der Waals surface area contributed by atoms with E-state index in [0.29, 0.717) is 5.92 Å². The molecule has 0 saturated carbocycles. The molecule has 3 heteroatoms. The summed E-state index contributed by atoms with van der Waals surface area (Å²) in [4.78, 5) is 2.58. The van der Waals surface area contributed by atoms with E-state index >= 15 is 0 Å². The molecule has 0 aromatic heterocycles. The Bertz CT molecular complexity index is 419. The number of piperidine rings is 1. The quantitative estimate of drug-likeness (QED) is 0.923. The van der Waals surface area contributed by atoms with Crippen LogP contribution in [-0.4, -0.2) is 24.5 Å². The summed E-state index contributed by atoms with van der Waals surface area (Å²) in [5.74, 6) is 0.716. The largest absolute Gasteiger partial charge is 0.330 e. The summed E-state index contributed by atoms with van der Waals surface area (Å²) in [6.45, 7) is 4.39. The van der Waals surface area contributed by atoms with Crippen LogP contribution in [0.25, 0.3) is 0 Å². The Hall–Kier alpha value is -0.570. The highest BCUT2D eigenvalue weighted by atomic mass is 35.5. The molecule has 1 aliphatic heterocycles. The van der Waals surface area contributed by atoms with Gasteiger partial charge in [0.1, 0.15) is 0 Å². The van der Waals surface area contributed by atoms with E-state index in [0.717, 1.165) is 13.1 Å². The van der Waals surface area contributed by atoms with E-state index in [2.05, 4.69) is 23.1 Å². The van der Waals surface area contributed by atoms with Crippen LogP contribution >= 0.6 is 12.4 Å². The number of likely N-dealkylation sites (tertiary alicyclic amines) is 1. The molecular weight excluding hydrogens is 256 g/mol. The molecule has 1 aliphatic carbocycles. The fourth-order valence-electron chi connectivity index (χ4n) is 3.47. The van der Waals surface area contributed by atoms with Crippen molar-refractivity contribution in [3.63, 3.8) is 0 Å². The molecule has 106 valence electrons. The average Bonchev–Trinajstić information content (AvgIpc) is 2.86. The summed E-state index contributed by atoms with van der Waals surface area (Å²) in [6, 6.07) is 7.12. The Kier molecular flexibility index (Phi) is 5.26. The van der Waals surface area contributed by atoms with Crippen LogP contribution in [0.15, 0.2) is 18.2 Å². The van der Waals surface area contributed by atoms with Gasteiger partial charge in [-0.15, -0.1) is 12.4 Å². The van der Waals surface area contributed by atoms with Crippen molar-refractivity contribution in [2.45, 2.75) is 38.6 Å². The van der Waals surface area contributed by atoms with Crippen LogP contribution in [0.4, 0.5) is 0 Å². The number of halogens is 1. The Morgan fingerprint density at radius 3 is 2.84 bits per heavy atom. The van der Waals surface area contributed by atoms with E-state index in [1.165, 1.54) is 50.8 Å². The van der Waals surface area contributed by atoms with Gasteiger partial charge in [-0.1, -0.05) is 18.2 Å². The van der Waals surface area contributed by atoms with Crippen molar-refractivity contribution in [2.24, 2.45) is 11.7 Å². The number of hydrogen-bond donors (Lipinski definition) is 1. The smallest absolute Gasteiger partial charge is 0.0233 e. The van der Waals surface area contributed by atoms with Crippen molar-refractivity contribution >= 4 is 12.4 Å². The van der Waals surface area contributed by atoms with Gasteiger partial charge in [-0.25, -0.2) is 0 Å². The monoisotopic (exact) mass is 280 g/mol. The first-order valence-electron chi connectivity index (χ1n) is 7.38. The predicted octanol–water partition coefficient (Wildman–Crippen LogP) is 2.77. The van der Waals surface area contributed by atoms with Crippen LogP contribution in [0.2, 0.25) is 0 Å². The van der Waals surface area contributed by atoms with Crippen molar-refractivity contribution in [3.05, 3.63) is 34.9 Å². The molecule has 2 N–H and O–H groups in total. The number of nitrogens with zero attached hydrogens (tertiary/aromatic N) is 1.